The lowest BCUT2D eigenvalue weighted by atomic mass is 10.3. The van der Waals surface area contributed by atoms with Crippen LogP contribution in [0.15, 0.2) is 6.20 Å². The molecule has 0 saturated heterocycles. The van der Waals surface area contributed by atoms with Crippen LogP contribution in [-0.4, -0.2) is 18.2 Å². The number of hydrogen-bond acceptors (Lipinski definition) is 3. The van der Waals surface area contributed by atoms with Crippen LogP contribution in [-0.2, 0) is 23.0 Å². The molecule has 0 aliphatic rings. The van der Waals surface area contributed by atoms with Crippen molar-refractivity contribution in [2.45, 2.75) is 12.7 Å². The number of rotatable bonds is 2. The minimum atomic E-state index is -4.45. The van der Waals surface area contributed by atoms with Gasteiger partial charge in [0.15, 0.2) is 0 Å². The van der Waals surface area contributed by atoms with E-state index in [0.29, 0.717) is 11.3 Å². The molecule has 4 nitrogen and oxygen atoms in total. The van der Waals surface area contributed by atoms with Gasteiger partial charge in [0.25, 0.3) is 0 Å². The molecule has 0 N–H and O–H groups in total. The fourth-order valence-electron chi connectivity index (χ4n) is 0.943. The molecule has 0 bridgehead atoms. The van der Waals surface area contributed by atoms with E-state index in [9.17, 15) is 12.3 Å². The quantitative estimate of drug-likeness (QED) is 0.642. The molecule has 1 aromatic rings. The Bertz CT molecular complexity index is 363. The second kappa shape index (κ2) is 2.85. The first-order valence-corrected chi connectivity index (χ1v) is 4.85. The highest BCUT2D eigenvalue weighted by molar-refractivity contribution is 7.85. The molecule has 12 heavy (non-hydrogen) atoms. The molecule has 0 unspecified atom stereocenters. The van der Waals surface area contributed by atoms with Crippen LogP contribution in [0.25, 0.3) is 0 Å². The van der Waals surface area contributed by atoms with Crippen LogP contribution in [0.3, 0.4) is 0 Å². The maximum absolute atomic E-state index is 12.2. The zero-order valence-corrected chi connectivity index (χ0v) is 7.60. The second-order valence-electron chi connectivity index (χ2n) is 2.58. The van der Waals surface area contributed by atoms with Gasteiger partial charge in [0.1, 0.15) is 5.75 Å². The Morgan fingerprint density at radius 3 is 2.58 bits per heavy atom. The Morgan fingerprint density at radius 2 is 2.25 bits per heavy atom. The molecule has 0 radical (unpaired) electrons. The van der Waals surface area contributed by atoms with Crippen molar-refractivity contribution in [3.8, 4) is 0 Å². The summed E-state index contributed by atoms with van der Waals surface area (Å²) in [5.41, 5.74) is 1.07. The zero-order valence-electron chi connectivity index (χ0n) is 6.78. The van der Waals surface area contributed by atoms with Crippen LogP contribution in [0.5, 0.6) is 0 Å². The van der Waals surface area contributed by atoms with Crippen LogP contribution >= 0.6 is 0 Å². The number of aryl methyl sites for hydroxylation is 2. The molecular formula is C6H9FN2O2S. The number of nitrogens with zero attached hydrogens (tertiary/aromatic N) is 2. The summed E-state index contributed by atoms with van der Waals surface area (Å²) in [4.78, 5) is 0. The van der Waals surface area contributed by atoms with E-state index in [4.69, 9.17) is 0 Å². The van der Waals surface area contributed by atoms with E-state index in [0.717, 1.165) is 0 Å². The third-order valence-corrected chi connectivity index (χ3v) is 2.20. The van der Waals surface area contributed by atoms with Crippen molar-refractivity contribution in [2.75, 3.05) is 0 Å². The summed E-state index contributed by atoms with van der Waals surface area (Å²) in [6, 6.07) is 0. The van der Waals surface area contributed by atoms with E-state index in [1.165, 1.54) is 10.9 Å². The predicted molar refractivity (Wildman–Crippen MR) is 41.7 cm³/mol. The van der Waals surface area contributed by atoms with Crippen molar-refractivity contribution in [1.29, 1.82) is 0 Å². The van der Waals surface area contributed by atoms with Crippen molar-refractivity contribution in [3.05, 3.63) is 17.5 Å². The molecule has 0 aromatic carbocycles. The molecule has 0 saturated carbocycles. The second-order valence-corrected chi connectivity index (χ2v) is 3.95. The van der Waals surface area contributed by atoms with Crippen molar-refractivity contribution in [2.24, 2.45) is 7.05 Å². The minimum Gasteiger partial charge on any atom is -0.271 e. The molecule has 0 spiro atoms. The SMILES string of the molecule is Cc1cnn(C)c1CS(=O)(=O)F. The maximum atomic E-state index is 12.2. The highest BCUT2D eigenvalue weighted by Crippen LogP contribution is 2.10. The van der Waals surface area contributed by atoms with E-state index >= 15 is 0 Å². The number of aromatic nitrogens is 2. The Hall–Kier alpha value is -0.910. The summed E-state index contributed by atoms with van der Waals surface area (Å²) >= 11 is 0. The largest absolute Gasteiger partial charge is 0.308 e. The monoisotopic (exact) mass is 192 g/mol. The molecular weight excluding hydrogens is 183 g/mol. The van der Waals surface area contributed by atoms with Crippen molar-refractivity contribution < 1.29 is 12.3 Å². The van der Waals surface area contributed by atoms with Gasteiger partial charge in [-0.2, -0.15) is 13.5 Å². The summed E-state index contributed by atoms with van der Waals surface area (Å²) in [6.45, 7) is 1.69. The lowest BCUT2D eigenvalue weighted by molar-refractivity contribution is 0.547. The number of hydrogen-bond donors (Lipinski definition) is 0. The van der Waals surface area contributed by atoms with Gasteiger partial charge >= 0.3 is 10.2 Å². The molecule has 0 aliphatic heterocycles. The fourth-order valence-corrected chi connectivity index (χ4v) is 1.68. The molecule has 6 heteroatoms. The number of halogens is 1. The topological polar surface area (TPSA) is 52.0 Å². The molecule has 68 valence electrons. The summed E-state index contributed by atoms with van der Waals surface area (Å²) in [7, 11) is -2.88. The van der Waals surface area contributed by atoms with Crippen LogP contribution in [0.4, 0.5) is 3.89 Å². The van der Waals surface area contributed by atoms with E-state index in [2.05, 4.69) is 5.10 Å². The molecule has 1 aromatic heterocycles. The van der Waals surface area contributed by atoms with Crippen LogP contribution in [0.2, 0.25) is 0 Å². The van der Waals surface area contributed by atoms with Crippen LogP contribution in [0, 0.1) is 6.92 Å². The summed E-state index contributed by atoms with van der Waals surface area (Å²) in [5, 5.41) is 3.79. The molecule has 0 amide bonds. The Balaban J connectivity index is 3.04. The first-order valence-electron chi connectivity index (χ1n) is 3.30. The van der Waals surface area contributed by atoms with Gasteiger partial charge in [-0.05, 0) is 12.5 Å². The van der Waals surface area contributed by atoms with Crippen molar-refractivity contribution in [1.82, 2.24) is 9.78 Å². The Kier molecular flexibility index (Phi) is 2.18. The lowest BCUT2D eigenvalue weighted by Crippen LogP contribution is -2.04. The van der Waals surface area contributed by atoms with Gasteiger partial charge < -0.3 is 0 Å². The predicted octanol–water partition coefficient (Wildman–Crippen LogP) is 0.528. The highest BCUT2D eigenvalue weighted by atomic mass is 32.3. The lowest BCUT2D eigenvalue weighted by Gasteiger charge is -1.98. The molecule has 0 atom stereocenters. The third-order valence-electron chi connectivity index (χ3n) is 1.58. The maximum Gasteiger partial charge on any atom is 0.308 e. The van der Waals surface area contributed by atoms with Gasteiger partial charge in [-0.15, -0.1) is 3.89 Å². The van der Waals surface area contributed by atoms with E-state index in [1.54, 1.807) is 14.0 Å². The van der Waals surface area contributed by atoms with Gasteiger partial charge in [0.2, 0.25) is 0 Å². The zero-order chi connectivity index (χ0) is 9.35. The summed E-state index contributed by atoms with van der Waals surface area (Å²) in [6.07, 6.45) is 1.50. The van der Waals surface area contributed by atoms with E-state index in [1.807, 2.05) is 0 Å². The van der Waals surface area contributed by atoms with Crippen LogP contribution < -0.4 is 0 Å². The molecule has 1 heterocycles. The van der Waals surface area contributed by atoms with Gasteiger partial charge in [0, 0.05) is 7.05 Å². The summed E-state index contributed by atoms with van der Waals surface area (Å²) in [5.74, 6) is -0.602. The Labute approximate surface area is 70.2 Å². The van der Waals surface area contributed by atoms with Crippen molar-refractivity contribution in [3.63, 3.8) is 0 Å². The normalized spacial score (nSPS) is 11.9. The molecule has 0 fully saturated rings. The third kappa shape index (κ3) is 2.04. The van der Waals surface area contributed by atoms with Gasteiger partial charge in [-0.1, -0.05) is 0 Å². The first kappa shape index (κ1) is 9.18. The highest BCUT2D eigenvalue weighted by Gasteiger charge is 2.14. The van der Waals surface area contributed by atoms with E-state index in [-0.39, 0.29) is 0 Å². The minimum absolute atomic E-state index is 0.387. The fraction of sp³-hybridized carbons (Fsp3) is 0.500. The van der Waals surface area contributed by atoms with Gasteiger partial charge in [0.05, 0.1) is 11.9 Å². The average molecular weight is 192 g/mol. The smallest absolute Gasteiger partial charge is 0.271 e. The molecule has 1 rings (SSSR count). The summed E-state index contributed by atoms with van der Waals surface area (Å²) < 4.78 is 34.2. The first-order chi connectivity index (χ1) is 5.40. The van der Waals surface area contributed by atoms with E-state index < -0.39 is 16.0 Å². The molecule has 0 aliphatic carbocycles. The Morgan fingerprint density at radius 1 is 1.67 bits per heavy atom. The average Bonchev–Trinajstić information content (AvgIpc) is 2.16. The standard InChI is InChI=1S/C6H9FN2O2S/c1-5-3-8-9(2)6(5)4-12(7,10)11/h3H,4H2,1-2H3. The van der Waals surface area contributed by atoms with Crippen molar-refractivity contribution >= 4 is 10.2 Å². The van der Waals surface area contributed by atoms with Gasteiger partial charge in [-0.3, -0.25) is 4.68 Å². The van der Waals surface area contributed by atoms with Gasteiger partial charge in [-0.25, -0.2) is 0 Å². The van der Waals surface area contributed by atoms with Crippen LogP contribution in [0.1, 0.15) is 11.3 Å².